The second-order valence-electron chi connectivity index (χ2n) is 4.06. The van der Waals surface area contributed by atoms with Crippen molar-refractivity contribution in [3.63, 3.8) is 0 Å². The van der Waals surface area contributed by atoms with Gasteiger partial charge in [0.05, 0.1) is 6.42 Å². The predicted octanol–water partition coefficient (Wildman–Crippen LogP) is 1.98. The van der Waals surface area contributed by atoms with Crippen molar-refractivity contribution in [3.05, 3.63) is 12.2 Å². The average molecular weight is 226 g/mol. The quantitative estimate of drug-likeness (QED) is 0.531. The van der Waals surface area contributed by atoms with E-state index in [1.54, 1.807) is 6.92 Å². The summed E-state index contributed by atoms with van der Waals surface area (Å²) in [5, 5.41) is 0. The van der Waals surface area contributed by atoms with Crippen LogP contribution in [-0.2, 0) is 19.1 Å². The second-order valence-corrected chi connectivity index (χ2v) is 4.06. The van der Waals surface area contributed by atoms with Gasteiger partial charge >= 0.3 is 11.9 Å². The molecule has 0 saturated heterocycles. The smallest absolute Gasteiger partial charge is 0.333 e. The molecular weight excluding hydrogens is 208 g/mol. The highest BCUT2D eigenvalue weighted by Gasteiger charge is 2.19. The van der Waals surface area contributed by atoms with Gasteiger partial charge in [0, 0.05) is 5.57 Å². The molecule has 0 spiro atoms. The molecule has 4 heteroatoms. The molecule has 1 saturated carbocycles. The maximum absolute atomic E-state index is 11.3. The van der Waals surface area contributed by atoms with Crippen LogP contribution in [0.2, 0.25) is 0 Å². The van der Waals surface area contributed by atoms with Gasteiger partial charge < -0.3 is 9.47 Å². The molecule has 0 atom stereocenters. The van der Waals surface area contributed by atoms with Gasteiger partial charge in [0.1, 0.15) is 12.7 Å². The van der Waals surface area contributed by atoms with E-state index in [0.717, 1.165) is 25.7 Å². The first kappa shape index (κ1) is 12.7. The van der Waals surface area contributed by atoms with Crippen molar-refractivity contribution in [2.45, 2.75) is 45.1 Å². The van der Waals surface area contributed by atoms with E-state index in [1.165, 1.54) is 0 Å². The van der Waals surface area contributed by atoms with Gasteiger partial charge in [-0.05, 0) is 32.6 Å². The van der Waals surface area contributed by atoms with E-state index in [4.69, 9.17) is 9.47 Å². The summed E-state index contributed by atoms with van der Waals surface area (Å²) in [5.74, 6) is -0.755. The Hall–Kier alpha value is -1.32. The SMILES string of the molecule is C=C(C)C(=O)OCCC(=O)OC1CCCC1. The van der Waals surface area contributed by atoms with E-state index in [0.29, 0.717) is 5.57 Å². The summed E-state index contributed by atoms with van der Waals surface area (Å²) in [7, 11) is 0. The van der Waals surface area contributed by atoms with Gasteiger partial charge in [-0.15, -0.1) is 0 Å². The lowest BCUT2D eigenvalue weighted by molar-refractivity contribution is -0.151. The maximum atomic E-state index is 11.3. The summed E-state index contributed by atoms with van der Waals surface area (Å²) in [6.07, 6.45) is 4.36. The fourth-order valence-electron chi connectivity index (χ4n) is 1.60. The number of ether oxygens (including phenoxy) is 2. The van der Waals surface area contributed by atoms with Crippen molar-refractivity contribution in [1.82, 2.24) is 0 Å². The number of rotatable bonds is 5. The summed E-state index contributed by atoms with van der Waals surface area (Å²) in [6.45, 7) is 5.08. The zero-order valence-corrected chi connectivity index (χ0v) is 9.66. The van der Waals surface area contributed by atoms with Crippen LogP contribution in [0, 0.1) is 0 Å². The Morgan fingerprint density at radius 2 is 1.94 bits per heavy atom. The van der Waals surface area contributed by atoms with Crippen molar-refractivity contribution >= 4 is 11.9 Å². The molecule has 1 rings (SSSR count). The first-order valence-electron chi connectivity index (χ1n) is 5.61. The number of hydrogen-bond donors (Lipinski definition) is 0. The van der Waals surface area contributed by atoms with Gasteiger partial charge in [0.15, 0.2) is 0 Å². The first-order valence-corrected chi connectivity index (χ1v) is 5.61. The Kier molecular flexibility index (Phi) is 5.02. The van der Waals surface area contributed by atoms with Gasteiger partial charge in [0.25, 0.3) is 0 Å². The van der Waals surface area contributed by atoms with Gasteiger partial charge in [-0.3, -0.25) is 4.79 Å². The minimum absolute atomic E-state index is 0.0667. The molecule has 1 aliphatic rings. The molecule has 0 bridgehead atoms. The third-order valence-corrected chi connectivity index (χ3v) is 2.49. The van der Waals surface area contributed by atoms with Crippen LogP contribution in [0.25, 0.3) is 0 Å². The normalized spacial score (nSPS) is 15.8. The van der Waals surface area contributed by atoms with Crippen LogP contribution in [-0.4, -0.2) is 24.6 Å². The van der Waals surface area contributed by atoms with Crippen LogP contribution in [0.4, 0.5) is 0 Å². The molecule has 0 radical (unpaired) electrons. The third kappa shape index (κ3) is 4.47. The minimum atomic E-state index is -0.464. The molecule has 90 valence electrons. The summed E-state index contributed by atoms with van der Waals surface area (Å²) >= 11 is 0. The molecule has 16 heavy (non-hydrogen) atoms. The Bertz CT molecular complexity index is 277. The van der Waals surface area contributed by atoms with Crippen LogP contribution >= 0.6 is 0 Å². The molecule has 0 N–H and O–H groups in total. The Labute approximate surface area is 95.6 Å². The van der Waals surface area contributed by atoms with E-state index in [2.05, 4.69) is 6.58 Å². The minimum Gasteiger partial charge on any atom is -0.462 e. The average Bonchev–Trinajstić information content (AvgIpc) is 2.70. The zero-order chi connectivity index (χ0) is 12.0. The van der Waals surface area contributed by atoms with Gasteiger partial charge in [-0.25, -0.2) is 4.79 Å². The lowest BCUT2D eigenvalue weighted by Crippen LogP contribution is -2.17. The Morgan fingerprint density at radius 3 is 2.50 bits per heavy atom. The van der Waals surface area contributed by atoms with E-state index in [9.17, 15) is 9.59 Å². The molecule has 1 aliphatic carbocycles. The Morgan fingerprint density at radius 1 is 1.31 bits per heavy atom. The van der Waals surface area contributed by atoms with Crippen molar-refractivity contribution in [2.75, 3.05) is 6.61 Å². The number of carbonyl (C=O) groups is 2. The zero-order valence-electron chi connectivity index (χ0n) is 9.66. The van der Waals surface area contributed by atoms with Crippen LogP contribution in [0.5, 0.6) is 0 Å². The molecular formula is C12H18O4. The molecule has 4 nitrogen and oxygen atoms in total. The molecule has 0 amide bonds. The van der Waals surface area contributed by atoms with Gasteiger partial charge in [-0.1, -0.05) is 6.58 Å². The highest BCUT2D eigenvalue weighted by molar-refractivity contribution is 5.87. The molecule has 0 aromatic heterocycles. The highest BCUT2D eigenvalue weighted by Crippen LogP contribution is 2.21. The van der Waals surface area contributed by atoms with Crippen molar-refractivity contribution < 1.29 is 19.1 Å². The topological polar surface area (TPSA) is 52.6 Å². The molecule has 0 aromatic rings. The van der Waals surface area contributed by atoms with Gasteiger partial charge in [-0.2, -0.15) is 0 Å². The van der Waals surface area contributed by atoms with Crippen molar-refractivity contribution in [2.24, 2.45) is 0 Å². The molecule has 0 aromatic carbocycles. The molecule has 0 heterocycles. The fourth-order valence-corrected chi connectivity index (χ4v) is 1.60. The number of hydrogen-bond acceptors (Lipinski definition) is 4. The molecule has 0 unspecified atom stereocenters. The van der Waals surface area contributed by atoms with E-state index in [1.807, 2.05) is 0 Å². The fraction of sp³-hybridized carbons (Fsp3) is 0.667. The van der Waals surface area contributed by atoms with E-state index >= 15 is 0 Å². The Balaban J connectivity index is 2.10. The van der Waals surface area contributed by atoms with Crippen LogP contribution in [0.3, 0.4) is 0 Å². The standard InChI is InChI=1S/C12H18O4/c1-9(2)12(14)15-8-7-11(13)16-10-5-3-4-6-10/h10H,1,3-8H2,2H3. The third-order valence-electron chi connectivity index (χ3n) is 2.49. The summed E-state index contributed by atoms with van der Waals surface area (Å²) in [6, 6.07) is 0. The van der Waals surface area contributed by atoms with Crippen LogP contribution in [0.15, 0.2) is 12.2 Å². The predicted molar refractivity (Wildman–Crippen MR) is 58.7 cm³/mol. The lowest BCUT2D eigenvalue weighted by atomic mass is 10.3. The van der Waals surface area contributed by atoms with Crippen LogP contribution < -0.4 is 0 Å². The first-order chi connectivity index (χ1) is 7.59. The van der Waals surface area contributed by atoms with Crippen molar-refractivity contribution in [3.8, 4) is 0 Å². The van der Waals surface area contributed by atoms with E-state index in [-0.39, 0.29) is 25.1 Å². The highest BCUT2D eigenvalue weighted by atomic mass is 16.6. The lowest BCUT2D eigenvalue weighted by Gasteiger charge is -2.11. The number of esters is 2. The summed E-state index contributed by atoms with van der Waals surface area (Å²) in [4.78, 5) is 22.3. The summed E-state index contributed by atoms with van der Waals surface area (Å²) in [5.41, 5.74) is 0.337. The van der Waals surface area contributed by atoms with Crippen LogP contribution in [0.1, 0.15) is 39.0 Å². The monoisotopic (exact) mass is 226 g/mol. The maximum Gasteiger partial charge on any atom is 0.333 e. The molecule has 0 aliphatic heterocycles. The van der Waals surface area contributed by atoms with Crippen molar-refractivity contribution in [1.29, 1.82) is 0 Å². The summed E-state index contributed by atoms with van der Waals surface area (Å²) < 4.78 is 10.0. The van der Waals surface area contributed by atoms with Gasteiger partial charge in [0.2, 0.25) is 0 Å². The number of carbonyl (C=O) groups excluding carboxylic acids is 2. The molecule has 1 fully saturated rings. The second kappa shape index (κ2) is 6.30. The van der Waals surface area contributed by atoms with E-state index < -0.39 is 5.97 Å². The largest absolute Gasteiger partial charge is 0.462 e.